The summed E-state index contributed by atoms with van der Waals surface area (Å²) in [5.74, 6) is 0.945. The molecule has 0 saturated heterocycles. The second-order valence-corrected chi connectivity index (χ2v) is 9.82. The van der Waals surface area contributed by atoms with Crippen LogP contribution in [0.4, 0.5) is 4.39 Å². The molecule has 1 aromatic heterocycles. The maximum Gasteiger partial charge on any atom is 0.270 e. The standard InChI is InChI=1S/C21H20BrFN4O2S/c22-11-1-5-17-14(7-11)21(10-30-20(24)27-21)15-8-13(3-6-18(15)29-17)26-19(28)16-4-2-12(23)9-25-16/h1-2,4-5,7,9,13,15,18H,3,6,8,10H2,(H2,24,27)(H,26,28)/t13?,15-,18-,21?/m0/s1. The van der Waals surface area contributed by atoms with E-state index >= 15 is 0 Å². The van der Waals surface area contributed by atoms with Gasteiger partial charge in [0.2, 0.25) is 0 Å². The van der Waals surface area contributed by atoms with E-state index in [1.165, 1.54) is 12.1 Å². The van der Waals surface area contributed by atoms with Gasteiger partial charge >= 0.3 is 0 Å². The van der Waals surface area contributed by atoms with Crippen molar-refractivity contribution >= 4 is 38.8 Å². The van der Waals surface area contributed by atoms with E-state index in [9.17, 15) is 9.18 Å². The Bertz CT molecular complexity index is 1030. The highest BCUT2D eigenvalue weighted by atomic mass is 79.9. The van der Waals surface area contributed by atoms with Crippen molar-refractivity contribution in [3.63, 3.8) is 0 Å². The van der Waals surface area contributed by atoms with Gasteiger partial charge in [0.1, 0.15) is 28.9 Å². The number of hydrogen-bond acceptors (Lipinski definition) is 6. The first kappa shape index (κ1) is 19.8. The highest BCUT2D eigenvalue weighted by Crippen LogP contribution is 2.54. The van der Waals surface area contributed by atoms with Crippen LogP contribution in [0.5, 0.6) is 5.75 Å². The smallest absolute Gasteiger partial charge is 0.270 e. The van der Waals surface area contributed by atoms with Gasteiger partial charge in [-0.25, -0.2) is 14.4 Å². The molecule has 5 rings (SSSR count). The van der Waals surface area contributed by atoms with E-state index in [-0.39, 0.29) is 29.7 Å². The summed E-state index contributed by atoms with van der Waals surface area (Å²) in [4.78, 5) is 21.4. The first-order valence-corrected chi connectivity index (χ1v) is 11.6. The van der Waals surface area contributed by atoms with Crippen molar-refractivity contribution in [1.82, 2.24) is 10.3 Å². The predicted molar refractivity (Wildman–Crippen MR) is 117 cm³/mol. The summed E-state index contributed by atoms with van der Waals surface area (Å²) in [5.41, 5.74) is 6.90. The molecule has 3 aliphatic rings. The molecular weight excluding hydrogens is 471 g/mol. The Morgan fingerprint density at radius 3 is 2.93 bits per heavy atom. The fourth-order valence-electron chi connectivity index (χ4n) is 4.77. The topological polar surface area (TPSA) is 89.6 Å². The van der Waals surface area contributed by atoms with E-state index in [0.717, 1.165) is 47.0 Å². The van der Waals surface area contributed by atoms with Gasteiger partial charge in [-0.15, -0.1) is 0 Å². The van der Waals surface area contributed by atoms with Crippen molar-refractivity contribution in [3.05, 3.63) is 58.1 Å². The molecule has 1 saturated carbocycles. The van der Waals surface area contributed by atoms with Crippen LogP contribution in [0.3, 0.4) is 0 Å². The summed E-state index contributed by atoms with van der Waals surface area (Å²) in [5, 5.41) is 3.65. The molecule has 9 heteroatoms. The van der Waals surface area contributed by atoms with E-state index < -0.39 is 11.4 Å². The Morgan fingerprint density at radius 2 is 2.20 bits per heavy atom. The highest BCUT2D eigenvalue weighted by Gasteiger charge is 2.54. The van der Waals surface area contributed by atoms with Crippen LogP contribution in [0.2, 0.25) is 0 Å². The van der Waals surface area contributed by atoms with E-state index in [4.69, 9.17) is 15.5 Å². The molecule has 30 heavy (non-hydrogen) atoms. The van der Waals surface area contributed by atoms with Gasteiger partial charge in [-0.1, -0.05) is 27.7 Å². The second kappa shape index (κ2) is 7.53. The van der Waals surface area contributed by atoms with Crippen molar-refractivity contribution < 1.29 is 13.9 Å². The summed E-state index contributed by atoms with van der Waals surface area (Å²) in [6, 6.07) is 8.63. The van der Waals surface area contributed by atoms with E-state index in [1.807, 2.05) is 12.1 Å². The van der Waals surface area contributed by atoms with Gasteiger partial charge in [0.25, 0.3) is 5.91 Å². The van der Waals surface area contributed by atoms with Crippen LogP contribution in [-0.4, -0.2) is 34.0 Å². The number of halogens is 2. The maximum absolute atomic E-state index is 13.1. The van der Waals surface area contributed by atoms with Crippen LogP contribution >= 0.6 is 27.7 Å². The van der Waals surface area contributed by atoms with Gasteiger partial charge in [0.15, 0.2) is 5.17 Å². The Hall–Kier alpha value is -2.13. The number of hydrogen-bond donors (Lipinski definition) is 2. The molecule has 1 aromatic carbocycles. The number of fused-ring (bicyclic) bond motifs is 4. The third-order valence-corrected chi connectivity index (χ3v) is 7.60. The Kier molecular flexibility index (Phi) is 4.97. The Balaban J connectivity index is 1.43. The van der Waals surface area contributed by atoms with Crippen LogP contribution in [0.1, 0.15) is 35.3 Å². The fraction of sp³-hybridized carbons (Fsp3) is 0.381. The zero-order valence-electron chi connectivity index (χ0n) is 16.0. The average Bonchev–Trinajstić information content (AvgIpc) is 3.12. The molecule has 1 aliphatic carbocycles. The number of amides is 1. The third-order valence-electron chi connectivity index (χ3n) is 6.13. The first-order valence-electron chi connectivity index (χ1n) is 9.82. The number of amidine groups is 1. The molecule has 3 N–H and O–H groups in total. The lowest BCUT2D eigenvalue weighted by atomic mass is 9.67. The number of aromatic nitrogens is 1. The number of carbonyl (C=O) groups is 1. The number of ether oxygens (including phenoxy) is 1. The largest absolute Gasteiger partial charge is 0.490 e. The summed E-state index contributed by atoms with van der Waals surface area (Å²) in [6.45, 7) is 0. The van der Waals surface area contributed by atoms with Crippen LogP contribution in [-0.2, 0) is 5.54 Å². The lowest BCUT2D eigenvalue weighted by molar-refractivity contribution is 0.0155. The minimum atomic E-state index is -0.465. The summed E-state index contributed by atoms with van der Waals surface area (Å²) in [7, 11) is 0. The highest BCUT2D eigenvalue weighted by molar-refractivity contribution is 9.10. The van der Waals surface area contributed by atoms with Crippen LogP contribution < -0.4 is 15.8 Å². The first-order chi connectivity index (χ1) is 14.4. The van der Waals surface area contributed by atoms with Gasteiger partial charge in [-0.2, -0.15) is 0 Å². The quantitative estimate of drug-likeness (QED) is 0.670. The maximum atomic E-state index is 13.1. The number of nitrogens with one attached hydrogen (secondary N) is 1. The minimum Gasteiger partial charge on any atom is -0.490 e. The third kappa shape index (κ3) is 3.37. The zero-order chi connectivity index (χ0) is 20.9. The number of nitrogens with zero attached hydrogens (tertiary/aromatic N) is 2. The van der Waals surface area contributed by atoms with Crippen LogP contribution in [0.25, 0.3) is 0 Å². The van der Waals surface area contributed by atoms with E-state index in [0.29, 0.717) is 5.17 Å². The van der Waals surface area contributed by atoms with Gasteiger partial charge in [0.05, 0.1) is 6.20 Å². The molecule has 3 heterocycles. The predicted octanol–water partition coefficient (Wildman–Crippen LogP) is 3.60. The SMILES string of the molecule is NC1=NC2(CS1)c1cc(Br)ccc1O[C@H]1CCC(NC(=O)c3ccc(F)cn3)C[C@@H]12. The van der Waals surface area contributed by atoms with Crippen molar-refractivity contribution in [2.75, 3.05) is 5.75 Å². The second-order valence-electron chi connectivity index (χ2n) is 7.91. The van der Waals surface area contributed by atoms with Crippen molar-refractivity contribution in [2.24, 2.45) is 16.6 Å². The van der Waals surface area contributed by atoms with Crippen molar-refractivity contribution in [2.45, 2.75) is 36.9 Å². The molecule has 1 amide bonds. The number of nitrogens with two attached hydrogens (primary N) is 1. The Morgan fingerprint density at radius 1 is 1.33 bits per heavy atom. The molecule has 156 valence electrons. The Labute approximate surface area is 186 Å². The lowest BCUT2D eigenvalue weighted by Crippen LogP contribution is -2.54. The van der Waals surface area contributed by atoms with Crippen molar-refractivity contribution in [3.8, 4) is 5.75 Å². The van der Waals surface area contributed by atoms with Crippen LogP contribution in [0.15, 0.2) is 46.0 Å². The van der Waals surface area contributed by atoms with Gasteiger partial charge in [-0.05, 0) is 49.6 Å². The number of aliphatic imine (C=N–C) groups is 1. The van der Waals surface area contributed by atoms with Gasteiger partial charge in [-0.3, -0.25) is 4.79 Å². The summed E-state index contributed by atoms with van der Waals surface area (Å²) >= 11 is 5.13. The fourth-order valence-corrected chi connectivity index (χ4v) is 6.16. The molecule has 6 nitrogen and oxygen atoms in total. The molecule has 4 atom stereocenters. The molecular formula is C21H20BrFN4O2S. The van der Waals surface area contributed by atoms with Crippen LogP contribution in [0, 0.1) is 11.7 Å². The number of pyridine rings is 1. The number of rotatable bonds is 2. The number of carbonyl (C=O) groups excluding carboxylic acids is 1. The molecule has 0 radical (unpaired) electrons. The minimum absolute atomic E-state index is 0.0195. The van der Waals surface area contributed by atoms with E-state index in [1.54, 1.807) is 11.8 Å². The van der Waals surface area contributed by atoms with Gasteiger partial charge in [0, 0.05) is 27.7 Å². The molecule has 2 aliphatic heterocycles. The lowest BCUT2D eigenvalue weighted by Gasteiger charge is -2.48. The molecule has 2 aromatic rings. The summed E-state index contributed by atoms with van der Waals surface area (Å²) in [6.07, 6.45) is 3.40. The average molecular weight is 491 g/mol. The summed E-state index contributed by atoms with van der Waals surface area (Å²) < 4.78 is 20.4. The molecule has 0 bridgehead atoms. The number of benzene rings is 1. The molecule has 1 fully saturated rings. The van der Waals surface area contributed by atoms with E-state index in [2.05, 4.69) is 32.3 Å². The number of thioether (sulfide) groups is 1. The monoisotopic (exact) mass is 490 g/mol. The molecule has 2 unspecified atom stereocenters. The zero-order valence-corrected chi connectivity index (χ0v) is 18.4. The normalized spacial score (nSPS) is 29.5. The van der Waals surface area contributed by atoms with Crippen molar-refractivity contribution in [1.29, 1.82) is 0 Å². The van der Waals surface area contributed by atoms with Gasteiger partial charge < -0.3 is 15.8 Å². The molecule has 1 spiro atoms.